The van der Waals surface area contributed by atoms with Gasteiger partial charge in [-0.25, -0.2) is 4.39 Å². The van der Waals surface area contributed by atoms with E-state index in [1.54, 1.807) is 6.07 Å². The Morgan fingerprint density at radius 1 is 1.41 bits per heavy atom. The predicted molar refractivity (Wildman–Crippen MR) is 64.2 cm³/mol. The lowest BCUT2D eigenvalue weighted by atomic mass is 10.2. The highest BCUT2D eigenvalue weighted by Crippen LogP contribution is 2.30. The first-order chi connectivity index (χ1) is 8.13. The Bertz CT molecular complexity index is 538. The third-order valence-electron chi connectivity index (χ3n) is 2.53. The monoisotopic (exact) mass is 252 g/mol. The van der Waals surface area contributed by atoms with Gasteiger partial charge >= 0.3 is 0 Å². The number of aromatic nitrogens is 3. The highest BCUT2D eigenvalue weighted by Gasteiger charge is 2.12. The lowest BCUT2D eigenvalue weighted by Gasteiger charge is -2.07. The number of rotatable bonds is 3. The second-order valence-corrected chi connectivity index (χ2v) is 4.62. The SMILES string of the molecule is Cc1nnc(Sc2cccc(F)c2CN)n1C. The van der Waals surface area contributed by atoms with E-state index in [1.165, 1.54) is 17.8 Å². The van der Waals surface area contributed by atoms with Crippen molar-refractivity contribution >= 4 is 11.8 Å². The van der Waals surface area contributed by atoms with E-state index < -0.39 is 0 Å². The van der Waals surface area contributed by atoms with Crippen LogP contribution < -0.4 is 5.73 Å². The maximum absolute atomic E-state index is 13.5. The van der Waals surface area contributed by atoms with Gasteiger partial charge in [0.15, 0.2) is 5.16 Å². The molecule has 1 aromatic heterocycles. The van der Waals surface area contributed by atoms with Crippen LogP contribution in [-0.2, 0) is 13.6 Å². The summed E-state index contributed by atoms with van der Waals surface area (Å²) in [5.41, 5.74) is 6.06. The third-order valence-corrected chi connectivity index (χ3v) is 3.67. The molecule has 0 fully saturated rings. The molecule has 0 saturated carbocycles. The van der Waals surface area contributed by atoms with Crippen LogP contribution >= 0.6 is 11.8 Å². The van der Waals surface area contributed by atoms with Gasteiger partial charge in [-0.15, -0.1) is 10.2 Å². The largest absolute Gasteiger partial charge is 0.326 e. The van der Waals surface area contributed by atoms with Crippen molar-refractivity contribution in [3.8, 4) is 0 Å². The van der Waals surface area contributed by atoms with E-state index in [-0.39, 0.29) is 12.4 Å². The van der Waals surface area contributed by atoms with E-state index in [2.05, 4.69) is 10.2 Å². The van der Waals surface area contributed by atoms with Crippen LogP contribution in [0.2, 0.25) is 0 Å². The van der Waals surface area contributed by atoms with Crippen molar-refractivity contribution in [2.24, 2.45) is 12.8 Å². The zero-order valence-electron chi connectivity index (χ0n) is 9.64. The van der Waals surface area contributed by atoms with Gasteiger partial charge < -0.3 is 10.3 Å². The molecule has 4 nitrogen and oxygen atoms in total. The molecule has 2 rings (SSSR count). The van der Waals surface area contributed by atoms with Crippen molar-refractivity contribution in [2.75, 3.05) is 0 Å². The van der Waals surface area contributed by atoms with E-state index in [0.29, 0.717) is 5.56 Å². The standard InChI is InChI=1S/C11H13FN4S/c1-7-14-15-11(16(7)2)17-10-5-3-4-9(12)8(10)6-13/h3-5H,6,13H2,1-2H3. The Morgan fingerprint density at radius 3 is 2.76 bits per heavy atom. The summed E-state index contributed by atoms with van der Waals surface area (Å²) in [4.78, 5) is 0.781. The first-order valence-corrected chi connectivity index (χ1v) is 5.96. The molecule has 90 valence electrons. The minimum absolute atomic E-state index is 0.172. The van der Waals surface area contributed by atoms with Gasteiger partial charge in [0.05, 0.1) is 0 Å². The average molecular weight is 252 g/mol. The van der Waals surface area contributed by atoms with E-state index in [4.69, 9.17) is 5.73 Å². The van der Waals surface area contributed by atoms with Crippen molar-refractivity contribution < 1.29 is 4.39 Å². The van der Waals surface area contributed by atoms with Gasteiger partial charge in [-0.2, -0.15) is 0 Å². The molecule has 0 aliphatic rings. The van der Waals surface area contributed by atoms with Crippen molar-refractivity contribution in [3.63, 3.8) is 0 Å². The fourth-order valence-electron chi connectivity index (χ4n) is 1.41. The first-order valence-electron chi connectivity index (χ1n) is 5.14. The zero-order valence-corrected chi connectivity index (χ0v) is 10.5. The van der Waals surface area contributed by atoms with Crippen molar-refractivity contribution in [3.05, 3.63) is 35.4 Å². The fraction of sp³-hybridized carbons (Fsp3) is 0.273. The molecule has 0 unspecified atom stereocenters. The summed E-state index contributed by atoms with van der Waals surface area (Å²) >= 11 is 1.37. The van der Waals surface area contributed by atoms with Crippen molar-refractivity contribution in [1.29, 1.82) is 0 Å². The van der Waals surface area contributed by atoms with E-state index >= 15 is 0 Å². The van der Waals surface area contributed by atoms with Gasteiger partial charge in [0, 0.05) is 24.1 Å². The smallest absolute Gasteiger partial charge is 0.195 e. The van der Waals surface area contributed by atoms with Crippen LogP contribution in [0.5, 0.6) is 0 Å². The molecular formula is C11H13FN4S. The lowest BCUT2D eigenvalue weighted by Crippen LogP contribution is -2.02. The molecule has 0 atom stereocenters. The normalized spacial score (nSPS) is 10.8. The molecule has 2 aromatic rings. The Hall–Kier alpha value is -1.40. The molecule has 0 radical (unpaired) electrons. The second kappa shape index (κ2) is 4.85. The number of halogens is 1. The second-order valence-electron chi connectivity index (χ2n) is 3.61. The van der Waals surface area contributed by atoms with Gasteiger partial charge in [-0.1, -0.05) is 6.07 Å². The topological polar surface area (TPSA) is 56.7 Å². The molecule has 0 bridgehead atoms. The van der Waals surface area contributed by atoms with Crippen molar-refractivity contribution in [2.45, 2.75) is 23.5 Å². The van der Waals surface area contributed by atoms with Crippen LogP contribution in [0.25, 0.3) is 0 Å². The number of hydrogen-bond acceptors (Lipinski definition) is 4. The van der Waals surface area contributed by atoms with E-state index in [0.717, 1.165) is 15.9 Å². The predicted octanol–water partition coefficient (Wildman–Crippen LogP) is 1.87. The highest BCUT2D eigenvalue weighted by atomic mass is 32.2. The van der Waals surface area contributed by atoms with Gasteiger partial charge in [0.25, 0.3) is 0 Å². The lowest BCUT2D eigenvalue weighted by molar-refractivity contribution is 0.604. The maximum Gasteiger partial charge on any atom is 0.195 e. The van der Waals surface area contributed by atoms with Gasteiger partial charge in [-0.3, -0.25) is 0 Å². The van der Waals surface area contributed by atoms with E-state index in [9.17, 15) is 4.39 Å². The average Bonchev–Trinajstić information content (AvgIpc) is 2.61. The summed E-state index contributed by atoms with van der Waals surface area (Å²) in [6, 6.07) is 4.91. The molecule has 17 heavy (non-hydrogen) atoms. The number of nitrogens with zero attached hydrogens (tertiary/aromatic N) is 3. The maximum atomic E-state index is 13.5. The minimum atomic E-state index is -0.281. The molecule has 0 aliphatic carbocycles. The first kappa shape index (κ1) is 12.1. The summed E-state index contributed by atoms with van der Waals surface area (Å²) < 4.78 is 15.4. The van der Waals surface area contributed by atoms with Crippen LogP contribution in [0.15, 0.2) is 28.3 Å². The number of benzene rings is 1. The molecule has 2 N–H and O–H groups in total. The highest BCUT2D eigenvalue weighted by molar-refractivity contribution is 7.99. The fourth-order valence-corrected chi connectivity index (χ4v) is 2.41. The Morgan fingerprint density at radius 2 is 2.18 bits per heavy atom. The number of aryl methyl sites for hydroxylation is 1. The summed E-state index contributed by atoms with van der Waals surface area (Å²) in [5, 5.41) is 8.71. The van der Waals surface area contributed by atoms with Gasteiger partial charge in [-0.05, 0) is 30.8 Å². The van der Waals surface area contributed by atoms with Crippen LogP contribution in [0.4, 0.5) is 4.39 Å². The molecule has 1 heterocycles. The Labute approximate surface area is 103 Å². The molecule has 6 heteroatoms. The molecule has 0 spiro atoms. The van der Waals surface area contributed by atoms with Gasteiger partial charge in [0.1, 0.15) is 11.6 Å². The summed E-state index contributed by atoms with van der Waals surface area (Å²) in [6.07, 6.45) is 0. The van der Waals surface area contributed by atoms with Crippen LogP contribution in [0.1, 0.15) is 11.4 Å². The Kier molecular flexibility index (Phi) is 3.44. The van der Waals surface area contributed by atoms with Crippen LogP contribution in [0, 0.1) is 12.7 Å². The molecular weight excluding hydrogens is 239 g/mol. The Balaban J connectivity index is 2.36. The third kappa shape index (κ3) is 2.32. The number of nitrogens with two attached hydrogens (primary N) is 1. The zero-order chi connectivity index (χ0) is 12.4. The van der Waals surface area contributed by atoms with Crippen LogP contribution in [-0.4, -0.2) is 14.8 Å². The van der Waals surface area contributed by atoms with E-state index in [1.807, 2.05) is 24.6 Å². The van der Waals surface area contributed by atoms with Crippen molar-refractivity contribution in [1.82, 2.24) is 14.8 Å². The summed E-state index contributed by atoms with van der Waals surface area (Å²) in [5.74, 6) is 0.537. The van der Waals surface area contributed by atoms with Gasteiger partial charge in [0.2, 0.25) is 0 Å². The minimum Gasteiger partial charge on any atom is -0.326 e. The molecule has 0 saturated heterocycles. The molecule has 1 aromatic carbocycles. The summed E-state index contributed by atoms with van der Waals surface area (Å²) in [7, 11) is 1.87. The molecule has 0 aliphatic heterocycles. The van der Waals surface area contributed by atoms with Crippen LogP contribution in [0.3, 0.4) is 0 Å². The quantitative estimate of drug-likeness (QED) is 0.906. The number of hydrogen-bond donors (Lipinski definition) is 1. The summed E-state index contributed by atoms with van der Waals surface area (Å²) in [6.45, 7) is 2.04. The molecule has 0 amide bonds.